The fourth-order valence-corrected chi connectivity index (χ4v) is 1.79. The van der Waals surface area contributed by atoms with Crippen molar-refractivity contribution in [2.45, 2.75) is 20.0 Å². The zero-order valence-electron chi connectivity index (χ0n) is 10.4. The zero-order chi connectivity index (χ0) is 12.8. The summed E-state index contributed by atoms with van der Waals surface area (Å²) in [6, 6.07) is 0. The fraction of sp³-hybridized carbons (Fsp3) is 0.818. The number of ether oxygens (including phenoxy) is 1. The molecule has 6 nitrogen and oxygen atoms in total. The van der Waals surface area contributed by atoms with Crippen LogP contribution >= 0.6 is 0 Å². The molecule has 1 fully saturated rings. The van der Waals surface area contributed by atoms with E-state index in [4.69, 9.17) is 10.5 Å². The summed E-state index contributed by atoms with van der Waals surface area (Å²) >= 11 is 0. The van der Waals surface area contributed by atoms with Gasteiger partial charge in [-0.05, 0) is 5.92 Å². The second-order valence-electron chi connectivity index (χ2n) is 4.64. The van der Waals surface area contributed by atoms with E-state index in [0.717, 1.165) is 6.54 Å². The second kappa shape index (κ2) is 6.56. The van der Waals surface area contributed by atoms with Crippen LogP contribution in [0.25, 0.3) is 0 Å². The molecule has 1 aliphatic heterocycles. The number of primary amides is 1. The number of nitrogens with two attached hydrogens (primary N) is 1. The Hall–Kier alpha value is -1.14. The number of nitrogens with zero attached hydrogens (tertiary/aromatic N) is 1. The molecule has 0 aliphatic carbocycles. The van der Waals surface area contributed by atoms with Crippen LogP contribution < -0.4 is 11.1 Å². The van der Waals surface area contributed by atoms with Gasteiger partial charge in [0.05, 0.1) is 13.2 Å². The van der Waals surface area contributed by atoms with Crippen LogP contribution in [0.5, 0.6) is 0 Å². The summed E-state index contributed by atoms with van der Waals surface area (Å²) in [4.78, 5) is 24.5. The van der Waals surface area contributed by atoms with Gasteiger partial charge in [0.2, 0.25) is 5.91 Å². The van der Waals surface area contributed by atoms with Crippen molar-refractivity contribution in [3.63, 3.8) is 0 Å². The Labute approximate surface area is 101 Å². The molecular formula is C11H21N3O3. The highest BCUT2D eigenvalue weighted by Gasteiger charge is 2.27. The number of carbonyl (C=O) groups excluding carboxylic acids is 2. The molecule has 0 saturated carbocycles. The van der Waals surface area contributed by atoms with Crippen LogP contribution in [0, 0.1) is 5.92 Å². The molecule has 1 heterocycles. The van der Waals surface area contributed by atoms with Crippen LogP contribution in [-0.2, 0) is 14.3 Å². The lowest BCUT2D eigenvalue weighted by atomic mass is 10.2. The predicted octanol–water partition coefficient (Wildman–Crippen LogP) is -1.06. The summed E-state index contributed by atoms with van der Waals surface area (Å²) in [5.41, 5.74) is 5.15. The molecule has 6 heteroatoms. The number of amides is 2. The molecule has 0 radical (unpaired) electrons. The van der Waals surface area contributed by atoms with Crippen molar-refractivity contribution in [2.24, 2.45) is 11.7 Å². The van der Waals surface area contributed by atoms with Crippen LogP contribution in [0.15, 0.2) is 0 Å². The second-order valence-corrected chi connectivity index (χ2v) is 4.64. The zero-order valence-corrected chi connectivity index (χ0v) is 10.4. The highest BCUT2D eigenvalue weighted by molar-refractivity contribution is 5.86. The van der Waals surface area contributed by atoms with E-state index in [-0.39, 0.29) is 18.4 Å². The summed E-state index contributed by atoms with van der Waals surface area (Å²) in [6.07, 6.45) is -0.498. The van der Waals surface area contributed by atoms with Gasteiger partial charge in [0, 0.05) is 19.6 Å². The van der Waals surface area contributed by atoms with E-state index < -0.39 is 12.0 Å². The SMILES string of the molecule is CC(C)CN(CC(N)=O)C(=O)C1CNCCO1. The van der Waals surface area contributed by atoms with E-state index in [2.05, 4.69) is 5.32 Å². The van der Waals surface area contributed by atoms with Gasteiger partial charge in [0.25, 0.3) is 5.91 Å². The van der Waals surface area contributed by atoms with Gasteiger partial charge in [0.15, 0.2) is 0 Å². The Balaban J connectivity index is 2.60. The van der Waals surface area contributed by atoms with Gasteiger partial charge in [-0.15, -0.1) is 0 Å². The van der Waals surface area contributed by atoms with Gasteiger partial charge in [-0.1, -0.05) is 13.8 Å². The number of hydrogen-bond acceptors (Lipinski definition) is 4. The van der Waals surface area contributed by atoms with Gasteiger partial charge in [-0.2, -0.15) is 0 Å². The van der Waals surface area contributed by atoms with Crippen molar-refractivity contribution in [1.82, 2.24) is 10.2 Å². The number of nitrogens with one attached hydrogen (secondary N) is 1. The smallest absolute Gasteiger partial charge is 0.253 e. The number of rotatable bonds is 5. The minimum atomic E-state index is -0.498. The Kier molecular flexibility index (Phi) is 5.37. The van der Waals surface area contributed by atoms with Crippen molar-refractivity contribution >= 4 is 11.8 Å². The molecular weight excluding hydrogens is 222 g/mol. The third-order valence-corrected chi connectivity index (χ3v) is 2.45. The predicted molar refractivity (Wildman–Crippen MR) is 63.2 cm³/mol. The van der Waals surface area contributed by atoms with Gasteiger partial charge < -0.3 is 20.7 Å². The van der Waals surface area contributed by atoms with Gasteiger partial charge in [-0.3, -0.25) is 9.59 Å². The average molecular weight is 243 g/mol. The molecule has 1 unspecified atom stereocenters. The van der Waals surface area contributed by atoms with Crippen molar-refractivity contribution in [3.8, 4) is 0 Å². The first-order chi connectivity index (χ1) is 8.00. The lowest BCUT2D eigenvalue weighted by Gasteiger charge is -2.30. The fourth-order valence-electron chi connectivity index (χ4n) is 1.79. The molecule has 0 aromatic rings. The number of hydrogen-bond donors (Lipinski definition) is 2. The largest absolute Gasteiger partial charge is 0.368 e. The van der Waals surface area contributed by atoms with E-state index in [1.807, 2.05) is 13.8 Å². The van der Waals surface area contributed by atoms with E-state index in [0.29, 0.717) is 19.7 Å². The van der Waals surface area contributed by atoms with E-state index in [1.54, 1.807) is 0 Å². The summed E-state index contributed by atoms with van der Waals surface area (Å²) in [7, 11) is 0. The first kappa shape index (κ1) is 13.9. The molecule has 0 spiro atoms. The van der Waals surface area contributed by atoms with Gasteiger partial charge in [0.1, 0.15) is 6.10 Å². The van der Waals surface area contributed by atoms with Crippen LogP contribution in [-0.4, -0.2) is 55.6 Å². The van der Waals surface area contributed by atoms with Crippen LogP contribution in [0.4, 0.5) is 0 Å². The highest BCUT2D eigenvalue weighted by Crippen LogP contribution is 2.05. The minimum absolute atomic E-state index is 0.0448. The monoisotopic (exact) mass is 243 g/mol. The van der Waals surface area contributed by atoms with Crippen molar-refractivity contribution < 1.29 is 14.3 Å². The maximum atomic E-state index is 12.1. The Bertz CT molecular complexity index is 275. The normalized spacial score (nSPS) is 20.3. The standard InChI is InChI=1S/C11H21N3O3/c1-8(2)6-14(7-10(12)15)11(16)9-5-13-3-4-17-9/h8-9,13H,3-7H2,1-2H3,(H2,12,15). The van der Waals surface area contributed by atoms with Crippen molar-refractivity contribution in [3.05, 3.63) is 0 Å². The summed E-state index contributed by atoms with van der Waals surface area (Å²) in [5, 5.41) is 3.09. The molecule has 1 atom stereocenters. The van der Waals surface area contributed by atoms with Crippen molar-refractivity contribution in [2.75, 3.05) is 32.8 Å². The maximum Gasteiger partial charge on any atom is 0.253 e. The summed E-state index contributed by atoms with van der Waals surface area (Å²) in [5.74, 6) is -0.373. The summed E-state index contributed by atoms with van der Waals surface area (Å²) in [6.45, 7) is 6.21. The lowest BCUT2D eigenvalue weighted by molar-refractivity contribution is -0.147. The van der Waals surface area contributed by atoms with Gasteiger partial charge in [-0.25, -0.2) is 0 Å². The number of morpholine rings is 1. The molecule has 0 bridgehead atoms. The van der Waals surface area contributed by atoms with E-state index in [1.165, 1.54) is 4.90 Å². The van der Waals surface area contributed by atoms with Crippen LogP contribution in [0.2, 0.25) is 0 Å². The molecule has 0 aromatic carbocycles. The molecule has 1 saturated heterocycles. The highest BCUT2D eigenvalue weighted by atomic mass is 16.5. The minimum Gasteiger partial charge on any atom is -0.368 e. The third kappa shape index (κ3) is 4.70. The lowest BCUT2D eigenvalue weighted by Crippen LogP contribution is -2.52. The first-order valence-electron chi connectivity index (χ1n) is 5.90. The van der Waals surface area contributed by atoms with E-state index >= 15 is 0 Å². The molecule has 98 valence electrons. The quantitative estimate of drug-likeness (QED) is 0.645. The van der Waals surface area contributed by atoms with Gasteiger partial charge >= 0.3 is 0 Å². The maximum absolute atomic E-state index is 12.1. The van der Waals surface area contributed by atoms with E-state index in [9.17, 15) is 9.59 Å². The number of carbonyl (C=O) groups is 2. The average Bonchev–Trinajstić information content (AvgIpc) is 2.27. The molecule has 2 amide bonds. The van der Waals surface area contributed by atoms with Crippen molar-refractivity contribution in [1.29, 1.82) is 0 Å². The molecule has 1 rings (SSSR count). The topological polar surface area (TPSA) is 84.7 Å². The molecule has 0 aromatic heterocycles. The molecule has 3 N–H and O–H groups in total. The Morgan fingerprint density at radius 3 is 2.71 bits per heavy atom. The summed E-state index contributed by atoms with van der Waals surface area (Å²) < 4.78 is 5.38. The van der Waals surface area contributed by atoms with Crippen LogP contribution in [0.3, 0.4) is 0 Å². The molecule has 17 heavy (non-hydrogen) atoms. The third-order valence-electron chi connectivity index (χ3n) is 2.45. The van der Waals surface area contributed by atoms with Crippen LogP contribution in [0.1, 0.15) is 13.8 Å². The molecule has 1 aliphatic rings. The Morgan fingerprint density at radius 1 is 1.53 bits per heavy atom. The first-order valence-corrected chi connectivity index (χ1v) is 5.90. The Morgan fingerprint density at radius 2 is 2.24 bits per heavy atom.